The zero-order valence-corrected chi connectivity index (χ0v) is 12.0. The highest BCUT2D eigenvalue weighted by Crippen LogP contribution is 2.23. The van der Waals surface area contributed by atoms with Gasteiger partial charge in [-0.25, -0.2) is 4.98 Å². The number of hydrogen-bond donors (Lipinski definition) is 1. The van der Waals surface area contributed by atoms with Crippen LogP contribution in [-0.2, 0) is 0 Å². The van der Waals surface area contributed by atoms with Crippen molar-refractivity contribution in [1.29, 1.82) is 0 Å². The molecule has 0 spiro atoms. The van der Waals surface area contributed by atoms with Crippen molar-refractivity contribution in [3.05, 3.63) is 33.9 Å². The highest BCUT2D eigenvalue weighted by Gasteiger charge is 2.04. The van der Waals surface area contributed by atoms with Gasteiger partial charge in [-0.15, -0.1) is 0 Å². The van der Waals surface area contributed by atoms with E-state index in [0.717, 1.165) is 9.32 Å². The maximum atomic E-state index is 5.67. The quantitative estimate of drug-likeness (QED) is 0.518. The molecule has 0 saturated carbocycles. The normalized spacial score (nSPS) is 10.2. The van der Waals surface area contributed by atoms with Gasteiger partial charge in [-0.05, 0) is 53.1 Å². The van der Waals surface area contributed by atoms with Gasteiger partial charge >= 0.3 is 0 Å². The number of nitrogens with zero attached hydrogens (tertiary/aromatic N) is 2. The van der Waals surface area contributed by atoms with Crippen molar-refractivity contribution < 1.29 is 4.74 Å². The fraction of sp³-hybridized carbons (Fsp3) is 0.0909. The van der Waals surface area contributed by atoms with Crippen LogP contribution in [0.2, 0.25) is 0 Å². The molecule has 17 heavy (non-hydrogen) atoms. The molecule has 0 bridgehead atoms. The van der Waals surface area contributed by atoms with E-state index < -0.39 is 0 Å². The molecule has 2 aromatic rings. The second kappa shape index (κ2) is 5.54. The molecule has 2 N–H and O–H groups in total. The molecule has 0 aliphatic heterocycles. The van der Waals surface area contributed by atoms with Crippen LogP contribution in [0.3, 0.4) is 0 Å². The Kier molecular flexibility index (Phi) is 4.06. The Morgan fingerprint density at radius 1 is 1.24 bits per heavy atom. The predicted octanol–water partition coefficient (Wildman–Crippen LogP) is 3.18. The van der Waals surface area contributed by atoms with Gasteiger partial charge in [0.2, 0.25) is 5.88 Å². The van der Waals surface area contributed by atoms with Crippen LogP contribution in [0.15, 0.2) is 35.5 Å². The summed E-state index contributed by atoms with van der Waals surface area (Å²) in [6.45, 7) is 0. The topological polar surface area (TPSA) is 61.0 Å². The summed E-state index contributed by atoms with van der Waals surface area (Å²) in [6.07, 6.45) is 1.89. The maximum absolute atomic E-state index is 5.67. The van der Waals surface area contributed by atoms with Crippen molar-refractivity contribution in [1.82, 2.24) is 9.97 Å². The van der Waals surface area contributed by atoms with Crippen LogP contribution in [-0.4, -0.2) is 16.2 Å². The van der Waals surface area contributed by atoms with Crippen LogP contribution in [0.4, 0.5) is 5.82 Å². The zero-order chi connectivity index (χ0) is 12.3. The first-order chi connectivity index (χ1) is 8.17. The lowest BCUT2D eigenvalue weighted by Gasteiger charge is -2.06. The fourth-order valence-electron chi connectivity index (χ4n) is 1.19. The molecule has 88 valence electrons. The van der Waals surface area contributed by atoms with Gasteiger partial charge in [0.1, 0.15) is 11.6 Å². The average Bonchev–Trinajstić information content (AvgIpc) is 2.31. The number of halogens is 1. The molecular weight excluding hydrogens is 349 g/mol. The van der Waals surface area contributed by atoms with E-state index in [1.165, 1.54) is 11.8 Å². The van der Waals surface area contributed by atoms with Crippen molar-refractivity contribution in [2.75, 3.05) is 12.0 Å². The lowest BCUT2D eigenvalue weighted by atomic mass is 10.3. The fourth-order valence-corrected chi connectivity index (χ4v) is 1.93. The number of rotatable bonds is 3. The molecule has 0 radical (unpaired) electrons. The lowest BCUT2D eigenvalue weighted by Crippen LogP contribution is -1.97. The molecule has 1 aromatic carbocycles. The molecular formula is C11H10IN3OS. The Morgan fingerprint density at radius 2 is 1.94 bits per heavy atom. The number of aromatic nitrogens is 2. The van der Waals surface area contributed by atoms with Crippen molar-refractivity contribution in [3.63, 3.8) is 0 Å². The Labute approximate surface area is 117 Å². The monoisotopic (exact) mass is 359 g/mol. The molecule has 0 aliphatic carbocycles. The molecule has 0 atom stereocenters. The minimum absolute atomic E-state index is 0.407. The highest BCUT2D eigenvalue weighted by atomic mass is 127. The van der Waals surface area contributed by atoms with E-state index in [9.17, 15) is 0 Å². The molecule has 0 unspecified atom stereocenters. The smallest absolute Gasteiger partial charge is 0.225 e. The number of nitrogen functional groups attached to an aromatic ring is 1. The number of hydrogen-bond acceptors (Lipinski definition) is 5. The molecule has 0 amide bonds. The summed E-state index contributed by atoms with van der Waals surface area (Å²) in [6, 6.07) is 9.32. The Balaban J connectivity index is 2.23. The number of ether oxygens (including phenoxy) is 1. The van der Waals surface area contributed by atoms with E-state index in [2.05, 4.69) is 32.6 Å². The van der Waals surface area contributed by atoms with E-state index in [0.29, 0.717) is 16.9 Å². The van der Waals surface area contributed by atoms with Crippen LogP contribution in [0.5, 0.6) is 11.6 Å². The van der Waals surface area contributed by atoms with Crippen LogP contribution in [0, 0.1) is 3.57 Å². The van der Waals surface area contributed by atoms with Crippen molar-refractivity contribution >= 4 is 40.2 Å². The summed E-state index contributed by atoms with van der Waals surface area (Å²) >= 11 is 3.67. The van der Waals surface area contributed by atoms with Gasteiger partial charge in [0.15, 0.2) is 5.16 Å². The van der Waals surface area contributed by atoms with Gasteiger partial charge in [-0.1, -0.05) is 11.8 Å². The zero-order valence-electron chi connectivity index (χ0n) is 9.05. The molecule has 4 nitrogen and oxygen atoms in total. The van der Waals surface area contributed by atoms with E-state index in [1.54, 1.807) is 6.07 Å². The van der Waals surface area contributed by atoms with Gasteiger partial charge in [-0.3, -0.25) is 0 Å². The third kappa shape index (κ3) is 3.47. The van der Waals surface area contributed by atoms with Crippen molar-refractivity contribution in [2.24, 2.45) is 0 Å². The van der Waals surface area contributed by atoms with Gasteiger partial charge in [0.25, 0.3) is 0 Å². The number of thioether (sulfide) groups is 1. The van der Waals surface area contributed by atoms with Crippen molar-refractivity contribution in [2.45, 2.75) is 5.16 Å². The summed E-state index contributed by atoms with van der Waals surface area (Å²) in [5, 5.41) is 0.602. The largest absolute Gasteiger partial charge is 0.439 e. The Bertz CT molecular complexity index is 519. The van der Waals surface area contributed by atoms with Crippen molar-refractivity contribution in [3.8, 4) is 11.6 Å². The SMILES string of the molecule is CSc1nc(N)cc(Oc2ccc(I)cc2)n1. The molecule has 1 aromatic heterocycles. The lowest BCUT2D eigenvalue weighted by molar-refractivity contribution is 0.456. The van der Waals surface area contributed by atoms with Crippen LogP contribution >= 0.6 is 34.4 Å². The molecule has 0 saturated heterocycles. The van der Waals surface area contributed by atoms with E-state index in [-0.39, 0.29) is 0 Å². The summed E-state index contributed by atoms with van der Waals surface area (Å²) in [5.41, 5.74) is 5.67. The molecule has 2 rings (SSSR count). The van der Waals surface area contributed by atoms with Crippen LogP contribution in [0.1, 0.15) is 0 Å². The standard InChI is InChI=1S/C11H10IN3OS/c1-17-11-14-9(13)6-10(15-11)16-8-4-2-7(12)3-5-8/h2-6H,1H3,(H2,13,14,15). The molecule has 1 heterocycles. The minimum Gasteiger partial charge on any atom is -0.439 e. The molecule has 0 fully saturated rings. The average molecular weight is 359 g/mol. The van der Waals surface area contributed by atoms with E-state index in [1.807, 2.05) is 30.5 Å². The molecule has 6 heteroatoms. The third-order valence-corrected chi connectivity index (χ3v) is 3.19. The molecule has 0 aliphatic rings. The van der Waals surface area contributed by atoms with Gasteiger partial charge in [0, 0.05) is 9.64 Å². The van der Waals surface area contributed by atoms with Crippen LogP contribution in [0.25, 0.3) is 0 Å². The van der Waals surface area contributed by atoms with Gasteiger partial charge in [0.05, 0.1) is 0 Å². The van der Waals surface area contributed by atoms with Crippen LogP contribution < -0.4 is 10.5 Å². The second-order valence-corrected chi connectivity index (χ2v) is 5.19. The number of benzene rings is 1. The highest BCUT2D eigenvalue weighted by molar-refractivity contribution is 14.1. The first kappa shape index (κ1) is 12.4. The number of anilines is 1. The van der Waals surface area contributed by atoms with Gasteiger partial charge in [-0.2, -0.15) is 4.98 Å². The minimum atomic E-state index is 0.407. The Hall–Kier alpha value is -1.02. The second-order valence-electron chi connectivity index (χ2n) is 3.17. The summed E-state index contributed by atoms with van der Waals surface area (Å²) in [7, 11) is 0. The summed E-state index contributed by atoms with van der Waals surface area (Å²) < 4.78 is 6.76. The summed E-state index contributed by atoms with van der Waals surface area (Å²) in [5.74, 6) is 1.60. The first-order valence-electron chi connectivity index (χ1n) is 4.79. The maximum Gasteiger partial charge on any atom is 0.225 e. The first-order valence-corrected chi connectivity index (χ1v) is 7.09. The van der Waals surface area contributed by atoms with E-state index >= 15 is 0 Å². The number of nitrogens with two attached hydrogens (primary N) is 1. The predicted molar refractivity (Wildman–Crippen MR) is 77.5 cm³/mol. The Morgan fingerprint density at radius 3 is 2.59 bits per heavy atom. The van der Waals surface area contributed by atoms with E-state index in [4.69, 9.17) is 10.5 Å². The van der Waals surface area contributed by atoms with Gasteiger partial charge < -0.3 is 10.5 Å². The third-order valence-electron chi connectivity index (χ3n) is 1.92. The summed E-state index contributed by atoms with van der Waals surface area (Å²) in [4.78, 5) is 8.27.